The molecule has 0 unspecified atom stereocenters. The fourth-order valence-electron chi connectivity index (χ4n) is 2.60. The Hall–Kier alpha value is -3.35. The second-order valence-electron chi connectivity index (χ2n) is 6.83. The van der Waals surface area contributed by atoms with Crippen molar-refractivity contribution in [1.82, 2.24) is 30.0 Å². The number of carbonyl (C=O) groups is 1. The van der Waals surface area contributed by atoms with Gasteiger partial charge in [-0.3, -0.25) is 9.78 Å². The molecule has 0 saturated heterocycles. The van der Waals surface area contributed by atoms with Gasteiger partial charge in [-0.1, -0.05) is 0 Å². The van der Waals surface area contributed by atoms with E-state index in [1.807, 2.05) is 0 Å². The number of carbonyl (C=O) groups excluding carboxylic acids is 1. The molecule has 1 atom stereocenters. The molecule has 3 heterocycles. The van der Waals surface area contributed by atoms with Gasteiger partial charge in [-0.25, -0.2) is 14.2 Å². The highest BCUT2D eigenvalue weighted by Crippen LogP contribution is 2.29. The number of hydrogen-bond donors (Lipinski definition) is 1. The van der Waals surface area contributed by atoms with Crippen molar-refractivity contribution in [3.8, 4) is 5.82 Å². The van der Waals surface area contributed by atoms with Crippen LogP contribution in [0.5, 0.6) is 0 Å². The first-order valence-electron chi connectivity index (χ1n) is 8.80. The molecule has 0 fully saturated rings. The second kappa shape index (κ2) is 8.41. The fraction of sp³-hybridized carbons (Fsp3) is 0.278. The number of pyridine rings is 2. The van der Waals surface area contributed by atoms with Crippen LogP contribution in [0.4, 0.5) is 18.9 Å². The summed E-state index contributed by atoms with van der Waals surface area (Å²) in [5.41, 5.74) is -0.827. The Morgan fingerprint density at radius 3 is 2.55 bits per heavy atom. The number of aromatic nitrogens is 5. The summed E-state index contributed by atoms with van der Waals surface area (Å²) in [4.78, 5) is 24.2. The minimum absolute atomic E-state index is 0.237. The Labute approximate surface area is 175 Å². The summed E-state index contributed by atoms with van der Waals surface area (Å²) in [7, 11) is -2.34. The molecule has 13 heteroatoms. The molecule has 3 rings (SSSR count). The number of amides is 1. The average molecular weight is 453 g/mol. The number of hydrogen-bond acceptors (Lipinski definition) is 7. The molecule has 1 amide bonds. The molecule has 164 valence electrons. The van der Waals surface area contributed by atoms with Crippen molar-refractivity contribution >= 4 is 21.3 Å². The zero-order valence-corrected chi connectivity index (χ0v) is 17.5. The van der Waals surface area contributed by atoms with Gasteiger partial charge in [0.15, 0.2) is 11.6 Å². The summed E-state index contributed by atoms with van der Waals surface area (Å²) >= 11 is 0. The van der Waals surface area contributed by atoms with Crippen LogP contribution in [0.25, 0.3) is 5.82 Å². The molecule has 1 N–H and O–H groups in total. The molecule has 0 aliphatic carbocycles. The van der Waals surface area contributed by atoms with Crippen molar-refractivity contribution in [3.05, 3.63) is 60.1 Å². The second-order valence-corrected chi connectivity index (χ2v) is 9.38. The van der Waals surface area contributed by atoms with E-state index in [0.29, 0.717) is 23.5 Å². The molecule has 0 radical (unpaired) electrons. The highest BCUT2D eigenvalue weighted by Gasteiger charge is 2.31. The lowest BCUT2D eigenvalue weighted by molar-refractivity contribution is -0.137. The maximum absolute atomic E-state index is 12.9. The van der Waals surface area contributed by atoms with Gasteiger partial charge in [0, 0.05) is 34.6 Å². The largest absolute Gasteiger partial charge is 0.417 e. The summed E-state index contributed by atoms with van der Waals surface area (Å²) in [5, 5.41) is 6.66. The predicted molar refractivity (Wildman–Crippen MR) is 106 cm³/mol. The van der Waals surface area contributed by atoms with E-state index in [1.165, 1.54) is 29.7 Å². The molecular formula is C18H18F3N7O2S. The molecule has 0 bridgehead atoms. The summed E-state index contributed by atoms with van der Waals surface area (Å²) < 4.78 is 55.8. The standard InChI is InChI=1S/C18H18F3N7O2S/c1-11(26-17(29)12-6-13(8-22-7-12)18(19,20)21)16-24-10-25-28(16)15-5-4-14(9-23-15)27-31(2,3)30/h4-11H,1-3H3,(H,26,29)/t11-/m0/s1. The third-order valence-electron chi connectivity index (χ3n) is 3.91. The van der Waals surface area contributed by atoms with Gasteiger partial charge in [0.1, 0.15) is 6.33 Å². The van der Waals surface area contributed by atoms with Gasteiger partial charge in [0.05, 0.1) is 29.1 Å². The van der Waals surface area contributed by atoms with Crippen LogP contribution in [0.3, 0.4) is 0 Å². The molecule has 3 aromatic rings. The minimum atomic E-state index is -4.61. The van der Waals surface area contributed by atoms with E-state index in [0.717, 1.165) is 12.3 Å². The highest BCUT2D eigenvalue weighted by molar-refractivity contribution is 7.92. The summed E-state index contributed by atoms with van der Waals surface area (Å²) in [6.45, 7) is 1.60. The number of rotatable bonds is 5. The predicted octanol–water partition coefficient (Wildman–Crippen LogP) is 2.93. The van der Waals surface area contributed by atoms with Crippen LogP contribution in [0.15, 0.2) is 47.5 Å². The van der Waals surface area contributed by atoms with Crippen molar-refractivity contribution in [2.45, 2.75) is 19.1 Å². The number of nitrogens with one attached hydrogen (secondary N) is 1. The Morgan fingerprint density at radius 1 is 1.19 bits per heavy atom. The van der Waals surface area contributed by atoms with Crippen molar-refractivity contribution < 1.29 is 22.2 Å². The minimum Gasteiger partial charge on any atom is -0.342 e. The van der Waals surface area contributed by atoms with E-state index in [4.69, 9.17) is 0 Å². The monoisotopic (exact) mass is 453 g/mol. The Balaban J connectivity index is 1.81. The smallest absolute Gasteiger partial charge is 0.342 e. The van der Waals surface area contributed by atoms with Crippen LogP contribution < -0.4 is 5.32 Å². The highest BCUT2D eigenvalue weighted by atomic mass is 32.2. The number of nitrogens with zero attached hydrogens (tertiary/aromatic N) is 6. The maximum atomic E-state index is 12.9. The van der Waals surface area contributed by atoms with Crippen LogP contribution >= 0.6 is 0 Å². The molecular weight excluding hydrogens is 435 g/mol. The molecule has 0 aromatic carbocycles. The van der Waals surface area contributed by atoms with Crippen LogP contribution in [-0.2, 0) is 15.9 Å². The average Bonchev–Trinajstić information content (AvgIpc) is 3.17. The van der Waals surface area contributed by atoms with Crippen LogP contribution in [0.1, 0.15) is 34.7 Å². The SMILES string of the molecule is C[C@H](NC(=O)c1cncc(C(F)(F)F)c1)c1ncnn1-c1ccc(N=S(C)(C)=O)cn1. The van der Waals surface area contributed by atoms with Gasteiger partial charge in [-0.2, -0.15) is 27.3 Å². The normalized spacial score (nSPS) is 13.0. The quantitative estimate of drug-likeness (QED) is 0.635. The van der Waals surface area contributed by atoms with E-state index in [9.17, 15) is 22.2 Å². The zero-order chi connectivity index (χ0) is 22.8. The zero-order valence-electron chi connectivity index (χ0n) is 16.7. The fourth-order valence-corrected chi connectivity index (χ4v) is 3.21. The molecule has 0 spiro atoms. The van der Waals surface area contributed by atoms with E-state index < -0.39 is 33.4 Å². The van der Waals surface area contributed by atoms with Crippen LogP contribution in [0.2, 0.25) is 0 Å². The van der Waals surface area contributed by atoms with Gasteiger partial charge in [-0.05, 0) is 25.1 Å². The molecule has 0 aliphatic rings. The molecule has 3 aromatic heterocycles. The van der Waals surface area contributed by atoms with Gasteiger partial charge < -0.3 is 5.32 Å². The Bertz CT molecular complexity index is 1210. The van der Waals surface area contributed by atoms with E-state index in [-0.39, 0.29) is 5.56 Å². The maximum Gasteiger partial charge on any atom is 0.417 e. The van der Waals surface area contributed by atoms with Crippen LogP contribution in [-0.4, -0.2) is 47.4 Å². The van der Waals surface area contributed by atoms with Crippen molar-refractivity contribution in [2.24, 2.45) is 4.36 Å². The van der Waals surface area contributed by atoms with Gasteiger partial charge >= 0.3 is 6.18 Å². The van der Waals surface area contributed by atoms with E-state index in [2.05, 4.69) is 29.7 Å². The first-order valence-corrected chi connectivity index (χ1v) is 11.1. The number of halogens is 3. The Morgan fingerprint density at radius 2 is 1.94 bits per heavy atom. The van der Waals surface area contributed by atoms with Gasteiger partial charge in [0.2, 0.25) is 0 Å². The summed E-state index contributed by atoms with van der Waals surface area (Å²) in [6.07, 6.45) is 2.77. The molecule has 0 saturated carbocycles. The van der Waals surface area contributed by atoms with E-state index >= 15 is 0 Å². The van der Waals surface area contributed by atoms with Crippen LogP contribution in [0, 0.1) is 0 Å². The lowest BCUT2D eigenvalue weighted by atomic mass is 10.2. The lowest BCUT2D eigenvalue weighted by Gasteiger charge is -2.15. The summed E-state index contributed by atoms with van der Waals surface area (Å²) in [5.74, 6) is -0.0735. The topological polar surface area (TPSA) is 115 Å². The van der Waals surface area contributed by atoms with Crippen molar-refractivity contribution in [2.75, 3.05) is 12.5 Å². The molecule has 0 aliphatic heterocycles. The third-order valence-corrected chi connectivity index (χ3v) is 4.56. The number of alkyl halides is 3. The van der Waals surface area contributed by atoms with Gasteiger partial charge in [-0.15, -0.1) is 0 Å². The van der Waals surface area contributed by atoms with E-state index in [1.54, 1.807) is 19.1 Å². The van der Waals surface area contributed by atoms with Crippen molar-refractivity contribution in [1.29, 1.82) is 0 Å². The Kier molecular flexibility index (Phi) is 6.06. The molecule has 9 nitrogen and oxygen atoms in total. The first-order chi connectivity index (χ1) is 14.4. The first kappa shape index (κ1) is 22.3. The summed E-state index contributed by atoms with van der Waals surface area (Å²) in [6, 6.07) is 3.22. The molecule has 31 heavy (non-hydrogen) atoms. The van der Waals surface area contributed by atoms with Crippen molar-refractivity contribution in [3.63, 3.8) is 0 Å². The van der Waals surface area contributed by atoms with Gasteiger partial charge in [0.25, 0.3) is 5.91 Å². The third kappa shape index (κ3) is 5.63. The lowest BCUT2D eigenvalue weighted by Crippen LogP contribution is -2.29.